The van der Waals surface area contributed by atoms with E-state index >= 15 is 0 Å². The van der Waals surface area contributed by atoms with Crippen LogP contribution in [0.5, 0.6) is 0 Å². The van der Waals surface area contributed by atoms with Gasteiger partial charge in [0.1, 0.15) is 6.42 Å². The van der Waals surface area contributed by atoms with Gasteiger partial charge < -0.3 is 4.74 Å². The summed E-state index contributed by atoms with van der Waals surface area (Å²) in [6, 6.07) is -0.642. The molecule has 2 aliphatic heterocycles. The van der Waals surface area contributed by atoms with Crippen molar-refractivity contribution in [2.45, 2.75) is 12.5 Å². The number of ether oxygens (including phenoxy) is 1. The van der Waals surface area contributed by atoms with Gasteiger partial charge in [0.25, 0.3) is 0 Å². The third-order valence-electron chi connectivity index (χ3n) is 1.89. The maximum absolute atomic E-state index is 11.2. The van der Waals surface area contributed by atoms with Crippen molar-refractivity contribution < 1.29 is 19.1 Å². The fraction of sp³-hybridized carbons (Fsp3) is 0.571. The lowest BCUT2D eigenvalue weighted by Crippen LogP contribution is -2.53. The molecule has 1 N–H and O–H groups in total. The Morgan fingerprint density at radius 2 is 2.15 bits per heavy atom. The number of carbonyl (C=O) groups is 3. The molecule has 4 amide bonds. The Hall–Kier alpha value is -1.43. The summed E-state index contributed by atoms with van der Waals surface area (Å²) in [6.45, 7) is 0.822. The molecule has 1 unspecified atom stereocenters. The first kappa shape index (κ1) is 8.18. The SMILES string of the molecule is O=C1CC(=O)N(CC2CO2)C(=O)N1. The zero-order chi connectivity index (χ0) is 9.42. The average Bonchev–Trinajstić information content (AvgIpc) is 2.79. The van der Waals surface area contributed by atoms with Gasteiger partial charge in [0.15, 0.2) is 0 Å². The first-order valence-corrected chi connectivity index (χ1v) is 3.92. The van der Waals surface area contributed by atoms with E-state index in [4.69, 9.17) is 4.74 Å². The van der Waals surface area contributed by atoms with Crippen LogP contribution in [0.1, 0.15) is 6.42 Å². The van der Waals surface area contributed by atoms with Gasteiger partial charge in [-0.15, -0.1) is 0 Å². The molecule has 0 radical (unpaired) electrons. The molecule has 0 aromatic rings. The van der Waals surface area contributed by atoms with Crippen LogP contribution in [-0.2, 0) is 14.3 Å². The first-order valence-electron chi connectivity index (χ1n) is 3.92. The van der Waals surface area contributed by atoms with Gasteiger partial charge >= 0.3 is 6.03 Å². The lowest BCUT2D eigenvalue weighted by Gasteiger charge is -2.23. The van der Waals surface area contributed by atoms with Crippen molar-refractivity contribution in [1.82, 2.24) is 10.2 Å². The maximum atomic E-state index is 11.2. The van der Waals surface area contributed by atoms with Crippen molar-refractivity contribution in [3.8, 4) is 0 Å². The van der Waals surface area contributed by atoms with Crippen molar-refractivity contribution in [2.24, 2.45) is 0 Å². The predicted molar refractivity (Wildman–Crippen MR) is 39.6 cm³/mol. The van der Waals surface area contributed by atoms with Gasteiger partial charge in [0.05, 0.1) is 19.3 Å². The number of amides is 4. The minimum absolute atomic E-state index is 0.0390. The zero-order valence-corrected chi connectivity index (χ0v) is 6.78. The highest BCUT2D eigenvalue weighted by Crippen LogP contribution is 2.13. The molecule has 0 saturated carbocycles. The van der Waals surface area contributed by atoms with E-state index in [9.17, 15) is 14.4 Å². The smallest absolute Gasteiger partial charge is 0.330 e. The van der Waals surface area contributed by atoms with E-state index in [-0.39, 0.29) is 19.1 Å². The molecule has 0 aromatic carbocycles. The largest absolute Gasteiger partial charge is 0.371 e. The van der Waals surface area contributed by atoms with Crippen LogP contribution < -0.4 is 5.32 Å². The number of hydrogen-bond acceptors (Lipinski definition) is 4. The fourth-order valence-electron chi connectivity index (χ4n) is 1.14. The number of hydrogen-bond donors (Lipinski definition) is 1. The summed E-state index contributed by atoms with van der Waals surface area (Å²) in [5.41, 5.74) is 0. The van der Waals surface area contributed by atoms with E-state index in [0.717, 1.165) is 4.90 Å². The van der Waals surface area contributed by atoms with E-state index in [1.165, 1.54) is 0 Å². The summed E-state index contributed by atoms with van der Waals surface area (Å²) < 4.78 is 4.88. The number of barbiturate groups is 1. The van der Waals surface area contributed by atoms with Gasteiger partial charge in [0, 0.05) is 0 Å². The third-order valence-corrected chi connectivity index (χ3v) is 1.89. The molecule has 13 heavy (non-hydrogen) atoms. The van der Waals surface area contributed by atoms with E-state index in [0.29, 0.717) is 6.61 Å². The van der Waals surface area contributed by atoms with Gasteiger partial charge in [-0.1, -0.05) is 0 Å². The van der Waals surface area contributed by atoms with Gasteiger partial charge in [0.2, 0.25) is 11.8 Å². The number of carbonyl (C=O) groups excluding carboxylic acids is 3. The van der Waals surface area contributed by atoms with Crippen LogP contribution in [0.25, 0.3) is 0 Å². The molecular weight excluding hydrogens is 176 g/mol. The Bertz CT molecular complexity index is 264. The van der Waals surface area contributed by atoms with E-state index in [1.807, 2.05) is 0 Å². The molecular formula is C7H8N2O4. The molecule has 6 heteroatoms. The number of nitrogens with zero attached hydrogens (tertiary/aromatic N) is 1. The van der Waals surface area contributed by atoms with Crippen LogP contribution in [0.2, 0.25) is 0 Å². The molecule has 0 aliphatic carbocycles. The summed E-state index contributed by atoms with van der Waals surface area (Å²) >= 11 is 0. The van der Waals surface area contributed by atoms with Crippen LogP contribution in [0.3, 0.4) is 0 Å². The van der Waals surface area contributed by atoms with Crippen LogP contribution in [0.15, 0.2) is 0 Å². The second-order valence-electron chi connectivity index (χ2n) is 2.99. The summed E-state index contributed by atoms with van der Waals surface area (Å²) in [5, 5.41) is 2.06. The quantitative estimate of drug-likeness (QED) is 0.434. The van der Waals surface area contributed by atoms with Crippen molar-refractivity contribution >= 4 is 17.8 Å². The summed E-state index contributed by atoms with van der Waals surface area (Å²) in [4.78, 5) is 34.0. The van der Waals surface area contributed by atoms with E-state index in [1.54, 1.807) is 0 Å². The molecule has 2 saturated heterocycles. The Labute approximate surface area is 73.8 Å². The Balaban J connectivity index is 2.02. The number of rotatable bonds is 2. The standard InChI is InChI=1S/C7H8N2O4/c10-5-1-6(11)9(7(12)8-5)2-4-3-13-4/h4H,1-3H2,(H,8,10,12). The predicted octanol–water partition coefficient (Wildman–Crippen LogP) is -1.15. The highest BCUT2D eigenvalue weighted by Gasteiger charge is 2.35. The molecule has 6 nitrogen and oxygen atoms in total. The molecule has 0 bridgehead atoms. The lowest BCUT2D eigenvalue weighted by atomic mass is 10.3. The van der Waals surface area contributed by atoms with Gasteiger partial charge in [-0.05, 0) is 0 Å². The van der Waals surface area contributed by atoms with Crippen LogP contribution in [0.4, 0.5) is 4.79 Å². The van der Waals surface area contributed by atoms with Crippen LogP contribution in [0, 0.1) is 0 Å². The van der Waals surface area contributed by atoms with Crippen molar-refractivity contribution in [2.75, 3.05) is 13.2 Å². The molecule has 0 aromatic heterocycles. The Morgan fingerprint density at radius 3 is 2.69 bits per heavy atom. The normalized spacial score (nSPS) is 27.5. The van der Waals surface area contributed by atoms with Gasteiger partial charge in [-0.3, -0.25) is 19.8 Å². The van der Waals surface area contributed by atoms with Crippen molar-refractivity contribution in [3.05, 3.63) is 0 Å². The van der Waals surface area contributed by atoms with Crippen LogP contribution >= 0.6 is 0 Å². The third kappa shape index (κ3) is 1.67. The van der Waals surface area contributed by atoms with Crippen molar-refractivity contribution in [3.63, 3.8) is 0 Å². The number of urea groups is 1. The maximum Gasteiger partial charge on any atom is 0.330 e. The molecule has 1 atom stereocenters. The molecule has 2 fully saturated rings. The summed E-state index contributed by atoms with van der Waals surface area (Å²) in [7, 11) is 0. The number of imide groups is 2. The van der Waals surface area contributed by atoms with E-state index in [2.05, 4.69) is 5.32 Å². The average molecular weight is 184 g/mol. The topological polar surface area (TPSA) is 79.0 Å². The summed E-state index contributed by atoms with van der Waals surface area (Å²) in [5.74, 6) is -0.993. The minimum atomic E-state index is -0.642. The molecule has 0 spiro atoms. The minimum Gasteiger partial charge on any atom is -0.371 e. The number of epoxide rings is 1. The molecule has 2 rings (SSSR count). The zero-order valence-electron chi connectivity index (χ0n) is 6.78. The second kappa shape index (κ2) is 2.81. The lowest BCUT2D eigenvalue weighted by molar-refractivity contribution is -0.136. The Kier molecular flexibility index (Phi) is 1.77. The summed E-state index contributed by atoms with van der Waals surface area (Å²) in [6.07, 6.45) is -0.291. The second-order valence-corrected chi connectivity index (χ2v) is 2.99. The number of nitrogens with one attached hydrogen (secondary N) is 1. The molecule has 2 heterocycles. The molecule has 2 aliphatic rings. The highest BCUT2D eigenvalue weighted by molar-refractivity contribution is 6.14. The van der Waals surface area contributed by atoms with Gasteiger partial charge in [-0.25, -0.2) is 4.79 Å². The van der Waals surface area contributed by atoms with Gasteiger partial charge in [-0.2, -0.15) is 0 Å². The van der Waals surface area contributed by atoms with E-state index < -0.39 is 17.8 Å². The highest BCUT2D eigenvalue weighted by atomic mass is 16.6. The Morgan fingerprint density at radius 1 is 1.46 bits per heavy atom. The first-order chi connectivity index (χ1) is 6.16. The molecule has 70 valence electrons. The van der Waals surface area contributed by atoms with Crippen LogP contribution in [-0.4, -0.2) is 42.0 Å². The van der Waals surface area contributed by atoms with Crippen molar-refractivity contribution in [1.29, 1.82) is 0 Å². The monoisotopic (exact) mass is 184 g/mol. The fourth-order valence-corrected chi connectivity index (χ4v) is 1.14.